The highest BCUT2D eigenvalue weighted by atomic mass is 32.2. The fourth-order valence-electron chi connectivity index (χ4n) is 3.81. The van der Waals surface area contributed by atoms with E-state index in [0.29, 0.717) is 22.6 Å². The molecule has 4 rings (SSSR count). The van der Waals surface area contributed by atoms with E-state index in [9.17, 15) is 22.9 Å². The number of amides is 1. The van der Waals surface area contributed by atoms with Gasteiger partial charge in [-0.05, 0) is 73.7 Å². The topological polar surface area (TPSA) is 153 Å². The molecule has 3 N–H and O–H groups in total. The van der Waals surface area contributed by atoms with Crippen LogP contribution in [0.4, 0.5) is 28.4 Å². The first-order chi connectivity index (χ1) is 17.9. The first kappa shape index (κ1) is 26.6. The van der Waals surface area contributed by atoms with Crippen molar-refractivity contribution in [2.45, 2.75) is 32.6 Å². The van der Waals surface area contributed by atoms with Crippen LogP contribution < -0.4 is 5.32 Å². The molecule has 0 unspecified atom stereocenters. The quantitative estimate of drug-likeness (QED) is 0.174. The van der Waals surface area contributed by atoms with E-state index in [1.807, 2.05) is 38.1 Å². The number of rotatable bonds is 6. The van der Waals surface area contributed by atoms with Crippen molar-refractivity contribution in [1.29, 1.82) is 0 Å². The molecule has 0 heterocycles. The molecule has 194 valence electrons. The summed E-state index contributed by atoms with van der Waals surface area (Å²) in [6.07, 6.45) is 0. The molecule has 0 aliphatic rings. The zero-order valence-electron chi connectivity index (χ0n) is 21.1. The first-order valence-corrected chi connectivity index (χ1v) is 12.9. The number of hydrogen-bond acceptors (Lipinski definition) is 8. The van der Waals surface area contributed by atoms with E-state index < -0.39 is 26.5 Å². The van der Waals surface area contributed by atoms with Gasteiger partial charge in [0.25, 0.3) is 10.1 Å². The van der Waals surface area contributed by atoms with Crippen LogP contribution in [0.3, 0.4) is 0 Å². The number of anilines is 1. The molecular formula is C27H25N5O5S. The second-order valence-electron chi connectivity index (χ2n) is 8.79. The minimum absolute atomic E-state index is 0.156. The smallest absolute Gasteiger partial charge is 0.296 e. The lowest BCUT2D eigenvalue weighted by Gasteiger charge is -2.13. The number of azo groups is 2. The van der Waals surface area contributed by atoms with Crippen molar-refractivity contribution in [3.05, 3.63) is 77.4 Å². The van der Waals surface area contributed by atoms with Gasteiger partial charge in [0.2, 0.25) is 5.91 Å². The van der Waals surface area contributed by atoms with Crippen LogP contribution in [0.25, 0.3) is 10.8 Å². The van der Waals surface area contributed by atoms with E-state index in [4.69, 9.17) is 0 Å². The molecule has 0 aliphatic carbocycles. The van der Waals surface area contributed by atoms with Crippen molar-refractivity contribution >= 4 is 55.2 Å². The average Bonchev–Trinajstić information content (AvgIpc) is 2.84. The molecule has 0 fully saturated rings. The third-order valence-electron chi connectivity index (χ3n) is 5.75. The molecule has 38 heavy (non-hydrogen) atoms. The molecule has 0 aliphatic heterocycles. The summed E-state index contributed by atoms with van der Waals surface area (Å²) in [6, 6.07) is 16.9. The molecule has 10 nitrogen and oxygen atoms in total. The molecule has 0 saturated heterocycles. The highest BCUT2D eigenvalue weighted by Crippen LogP contribution is 2.44. The molecule has 0 spiro atoms. The van der Waals surface area contributed by atoms with E-state index in [-0.39, 0.29) is 22.4 Å². The van der Waals surface area contributed by atoms with Crippen molar-refractivity contribution in [2.75, 3.05) is 5.32 Å². The Morgan fingerprint density at radius 2 is 1.45 bits per heavy atom. The zero-order valence-corrected chi connectivity index (χ0v) is 21.9. The van der Waals surface area contributed by atoms with Crippen LogP contribution in [0.1, 0.15) is 23.6 Å². The van der Waals surface area contributed by atoms with Gasteiger partial charge in [-0.2, -0.15) is 23.8 Å². The number of aryl methyl sites for hydroxylation is 3. The predicted octanol–water partition coefficient (Wildman–Crippen LogP) is 7.51. The molecule has 0 aromatic heterocycles. The lowest BCUT2D eigenvalue weighted by Crippen LogP contribution is -2.06. The number of carbonyl (C=O) groups is 1. The van der Waals surface area contributed by atoms with Gasteiger partial charge in [0, 0.05) is 12.3 Å². The van der Waals surface area contributed by atoms with Gasteiger partial charge in [-0.25, -0.2) is 0 Å². The first-order valence-electron chi connectivity index (χ1n) is 11.5. The van der Waals surface area contributed by atoms with Gasteiger partial charge >= 0.3 is 0 Å². The number of phenols is 1. The average molecular weight is 532 g/mol. The molecule has 0 bridgehead atoms. The molecule has 1 amide bonds. The van der Waals surface area contributed by atoms with Crippen LogP contribution in [-0.2, 0) is 14.9 Å². The van der Waals surface area contributed by atoms with Crippen LogP contribution >= 0.6 is 0 Å². The molecular weight excluding hydrogens is 506 g/mol. The lowest BCUT2D eigenvalue weighted by atomic mass is 10.1. The number of hydrogen-bond donors (Lipinski definition) is 3. The van der Waals surface area contributed by atoms with Crippen molar-refractivity contribution < 1.29 is 22.9 Å². The second kappa shape index (κ2) is 10.5. The summed E-state index contributed by atoms with van der Waals surface area (Å²) >= 11 is 0. The molecule has 0 radical (unpaired) electrons. The summed E-state index contributed by atoms with van der Waals surface area (Å²) in [5.74, 6) is -0.939. The van der Waals surface area contributed by atoms with E-state index in [0.717, 1.165) is 17.2 Å². The minimum Gasteiger partial charge on any atom is -0.505 e. The fraction of sp³-hybridized carbons (Fsp3) is 0.148. The summed E-state index contributed by atoms with van der Waals surface area (Å²) in [5.41, 5.74) is 4.04. The van der Waals surface area contributed by atoms with E-state index in [1.54, 1.807) is 31.2 Å². The third-order valence-corrected chi connectivity index (χ3v) is 6.61. The Labute approximate surface area is 219 Å². The molecule has 0 saturated carbocycles. The second-order valence-corrected chi connectivity index (χ2v) is 10.2. The standard InChI is InChI=1S/C27H25N5O5S/c1-15-8-10-20(11-9-15)29-30-22-12-17(3)23(13-16(22)2)31-32-26-24(38(35,36)37)14-19-6-5-7-21(28-18(4)33)25(19)27(26)34/h5-14,34H,1-4H3,(H,28,33)(H,35,36,37). The van der Waals surface area contributed by atoms with Gasteiger partial charge in [-0.15, -0.1) is 5.11 Å². The summed E-state index contributed by atoms with van der Waals surface area (Å²) < 4.78 is 34.1. The van der Waals surface area contributed by atoms with E-state index in [1.165, 1.54) is 13.0 Å². The summed E-state index contributed by atoms with van der Waals surface area (Å²) in [5, 5.41) is 30.8. The minimum atomic E-state index is -4.78. The number of nitrogens with one attached hydrogen (secondary N) is 1. The summed E-state index contributed by atoms with van der Waals surface area (Å²) in [6.45, 7) is 6.88. The van der Waals surface area contributed by atoms with Gasteiger partial charge in [-0.1, -0.05) is 29.8 Å². The Balaban J connectivity index is 1.78. The van der Waals surface area contributed by atoms with Crippen LogP contribution in [-0.4, -0.2) is 24.0 Å². The molecule has 4 aromatic rings. The number of phenolic OH excluding ortho intramolecular Hbond substituents is 1. The maximum absolute atomic E-state index is 12.1. The third kappa shape index (κ3) is 5.74. The van der Waals surface area contributed by atoms with Crippen molar-refractivity contribution in [2.24, 2.45) is 20.5 Å². The molecule has 4 aromatic carbocycles. The van der Waals surface area contributed by atoms with Gasteiger partial charge in [-0.3, -0.25) is 9.35 Å². The van der Waals surface area contributed by atoms with Gasteiger partial charge in [0.05, 0.1) is 22.7 Å². The van der Waals surface area contributed by atoms with Crippen LogP contribution in [0.15, 0.2) is 86.0 Å². The molecule has 11 heteroatoms. The number of aromatic hydroxyl groups is 1. The number of fused-ring (bicyclic) bond motifs is 1. The molecule has 0 atom stereocenters. The largest absolute Gasteiger partial charge is 0.505 e. The maximum Gasteiger partial charge on any atom is 0.296 e. The van der Waals surface area contributed by atoms with Crippen molar-refractivity contribution in [1.82, 2.24) is 0 Å². The lowest BCUT2D eigenvalue weighted by molar-refractivity contribution is -0.114. The van der Waals surface area contributed by atoms with Gasteiger partial charge in [0.15, 0.2) is 5.75 Å². The normalized spacial score (nSPS) is 12.0. The highest BCUT2D eigenvalue weighted by Gasteiger charge is 2.23. The van der Waals surface area contributed by atoms with E-state index >= 15 is 0 Å². The van der Waals surface area contributed by atoms with Crippen molar-refractivity contribution in [3.63, 3.8) is 0 Å². The number of nitrogens with zero attached hydrogens (tertiary/aromatic N) is 4. The van der Waals surface area contributed by atoms with Crippen molar-refractivity contribution in [3.8, 4) is 5.75 Å². The predicted molar refractivity (Wildman–Crippen MR) is 145 cm³/mol. The Kier molecular flexibility index (Phi) is 7.33. The number of carbonyl (C=O) groups excluding carboxylic acids is 1. The van der Waals surface area contributed by atoms with Crippen LogP contribution in [0.5, 0.6) is 5.75 Å². The highest BCUT2D eigenvalue weighted by molar-refractivity contribution is 7.86. The Morgan fingerprint density at radius 3 is 2.03 bits per heavy atom. The number of benzene rings is 4. The summed E-state index contributed by atoms with van der Waals surface area (Å²) in [4.78, 5) is 11.0. The van der Waals surface area contributed by atoms with Crippen LogP contribution in [0.2, 0.25) is 0 Å². The summed E-state index contributed by atoms with van der Waals surface area (Å²) in [7, 11) is -4.78. The fourth-order valence-corrected chi connectivity index (χ4v) is 4.47. The Bertz CT molecular complexity index is 1730. The van der Waals surface area contributed by atoms with Gasteiger partial charge in [0.1, 0.15) is 10.6 Å². The zero-order chi connectivity index (χ0) is 27.6. The Morgan fingerprint density at radius 1 is 0.842 bits per heavy atom. The van der Waals surface area contributed by atoms with Crippen LogP contribution in [0, 0.1) is 20.8 Å². The van der Waals surface area contributed by atoms with E-state index in [2.05, 4.69) is 25.8 Å². The maximum atomic E-state index is 12.1. The SMILES string of the molecule is CC(=O)Nc1cccc2cc(S(=O)(=O)O)c(N=Nc3cc(C)c(N=Nc4ccc(C)cc4)cc3C)c(O)c12. The van der Waals surface area contributed by atoms with Gasteiger partial charge < -0.3 is 10.4 Å². The Hall–Kier alpha value is -4.48. The monoisotopic (exact) mass is 531 g/mol.